The van der Waals surface area contributed by atoms with E-state index in [9.17, 15) is 22.4 Å². The van der Waals surface area contributed by atoms with Crippen molar-refractivity contribution in [1.82, 2.24) is 9.78 Å². The standard InChI is InChI=1S/C19H13F4IN2O/c20-17-4-2-1-3-15(17)18(27)10-14-7-8-26(25-14)11-12-5-6-13(24)9-16(12)19(21,22)23/h1-9H,10-11H2. The van der Waals surface area contributed by atoms with Crippen LogP contribution in [-0.4, -0.2) is 15.6 Å². The first kappa shape index (κ1) is 19.5. The Balaban J connectivity index is 1.78. The van der Waals surface area contributed by atoms with Gasteiger partial charge in [0, 0.05) is 9.77 Å². The van der Waals surface area contributed by atoms with Gasteiger partial charge in [-0.2, -0.15) is 18.3 Å². The van der Waals surface area contributed by atoms with Gasteiger partial charge in [-0.15, -0.1) is 0 Å². The largest absolute Gasteiger partial charge is 0.416 e. The van der Waals surface area contributed by atoms with E-state index in [-0.39, 0.29) is 24.1 Å². The molecule has 27 heavy (non-hydrogen) atoms. The lowest BCUT2D eigenvalue weighted by Crippen LogP contribution is -2.13. The smallest absolute Gasteiger partial charge is 0.294 e. The molecule has 0 amide bonds. The van der Waals surface area contributed by atoms with Gasteiger partial charge in [-0.05, 0) is 58.5 Å². The number of carbonyl (C=O) groups is 1. The maximum absolute atomic E-state index is 13.7. The van der Waals surface area contributed by atoms with E-state index in [1.54, 1.807) is 18.2 Å². The van der Waals surface area contributed by atoms with E-state index in [4.69, 9.17) is 0 Å². The van der Waals surface area contributed by atoms with Crippen molar-refractivity contribution in [2.45, 2.75) is 19.1 Å². The minimum absolute atomic E-state index is 0.0379. The summed E-state index contributed by atoms with van der Waals surface area (Å²) in [6.45, 7) is -0.0837. The van der Waals surface area contributed by atoms with Gasteiger partial charge in [-0.1, -0.05) is 18.2 Å². The van der Waals surface area contributed by atoms with E-state index in [2.05, 4.69) is 5.10 Å². The first-order chi connectivity index (χ1) is 12.7. The summed E-state index contributed by atoms with van der Waals surface area (Å²) >= 11 is 1.83. The Labute approximate surface area is 166 Å². The molecule has 0 saturated carbocycles. The molecule has 0 fully saturated rings. The third-order valence-electron chi connectivity index (χ3n) is 3.92. The lowest BCUT2D eigenvalue weighted by molar-refractivity contribution is -0.138. The van der Waals surface area contributed by atoms with Gasteiger partial charge in [-0.3, -0.25) is 9.48 Å². The highest BCUT2D eigenvalue weighted by Gasteiger charge is 2.33. The second-order valence-corrected chi connectivity index (χ2v) is 7.13. The molecule has 0 atom stereocenters. The van der Waals surface area contributed by atoms with Crippen molar-refractivity contribution >= 4 is 28.4 Å². The molecule has 3 rings (SSSR count). The molecule has 0 unspecified atom stereocenters. The second kappa shape index (κ2) is 7.79. The Hall–Kier alpha value is -2.23. The maximum Gasteiger partial charge on any atom is 0.416 e. The van der Waals surface area contributed by atoms with Crippen molar-refractivity contribution in [3.63, 3.8) is 0 Å². The number of rotatable bonds is 5. The number of aromatic nitrogens is 2. The molecule has 0 bridgehead atoms. The van der Waals surface area contributed by atoms with Crippen LogP contribution < -0.4 is 0 Å². The molecule has 2 aromatic carbocycles. The van der Waals surface area contributed by atoms with E-state index in [1.807, 2.05) is 22.6 Å². The number of alkyl halides is 3. The monoisotopic (exact) mass is 488 g/mol. The molecule has 140 valence electrons. The van der Waals surface area contributed by atoms with Crippen molar-refractivity contribution in [3.8, 4) is 0 Å². The van der Waals surface area contributed by atoms with Crippen LogP contribution in [0.15, 0.2) is 54.7 Å². The van der Waals surface area contributed by atoms with Crippen LogP contribution in [0, 0.1) is 9.39 Å². The minimum atomic E-state index is -4.46. The number of halogens is 5. The Morgan fingerprint density at radius 2 is 1.85 bits per heavy atom. The molecule has 0 aliphatic carbocycles. The fraction of sp³-hybridized carbons (Fsp3) is 0.158. The SMILES string of the molecule is O=C(Cc1ccn(Cc2ccc(I)cc2C(F)(F)F)n1)c1ccccc1F. The van der Waals surface area contributed by atoms with Gasteiger partial charge in [0.2, 0.25) is 0 Å². The molecule has 3 nitrogen and oxygen atoms in total. The van der Waals surface area contributed by atoms with Crippen LogP contribution in [0.4, 0.5) is 17.6 Å². The van der Waals surface area contributed by atoms with Crippen LogP contribution in [0.3, 0.4) is 0 Å². The summed E-state index contributed by atoms with van der Waals surface area (Å²) in [6.07, 6.45) is -3.10. The number of ketones is 1. The quantitative estimate of drug-likeness (QED) is 0.284. The van der Waals surface area contributed by atoms with E-state index in [1.165, 1.54) is 35.1 Å². The van der Waals surface area contributed by atoms with Crippen molar-refractivity contribution < 1.29 is 22.4 Å². The maximum atomic E-state index is 13.7. The summed E-state index contributed by atoms with van der Waals surface area (Å²) in [5.74, 6) is -1.06. The fourth-order valence-electron chi connectivity index (χ4n) is 2.66. The summed E-state index contributed by atoms with van der Waals surface area (Å²) in [4.78, 5) is 12.2. The van der Waals surface area contributed by atoms with Crippen molar-refractivity contribution in [1.29, 1.82) is 0 Å². The predicted octanol–water partition coefficient (Wildman–Crippen LogP) is 5.12. The minimum Gasteiger partial charge on any atom is -0.294 e. The number of Topliss-reactive ketones (excluding diaryl/α,β-unsaturated/α-hetero) is 1. The third kappa shape index (κ3) is 4.74. The highest BCUT2D eigenvalue weighted by atomic mass is 127. The van der Waals surface area contributed by atoms with Gasteiger partial charge < -0.3 is 0 Å². The third-order valence-corrected chi connectivity index (χ3v) is 4.59. The fourth-order valence-corrected chi connectivity index (χ4v) is 3.15. The van der Waals surface area contributed by atoms with E-state index in [0.717, 1.165) is 6.07 Å². The lowest BCUT2D eigenvalue weighted by atomic mass is 10.1. The summed E-state index contributed by atoms with van der Waals surface area (Å²) < 4.78 is 55.2. The highest BCUT2D eigenvalue weighted by Crippen LogP contribution is 2.33. The van der Waals surface area contributed by atoms with E-state index >= 15 is 0 Å². The zero-order valence-electron chi connectivity index (χ0n) is 13.8. The number of benzene rings is 2. The van der Waals surface area contributed by atoms with Gasteiger partial charge in [0.1, 0.15) is 5.82 Å². The Morgan fingerprint density at radius 1 is 1.11 bits per heavy atom. The Bertz CT molecular complexity index is 982. The van der Waals surface area contributed by atoms with Crippen LogP contribution in [0.5, 0.6) is 0 Å². The van der Waals surface area contributed by atoms with Crippen molar-refractivity contribution in [3.05, 3.63) is 86.5 Å². The number of hydrogen-bond acceptors (Lipinski definition) is 2. The van der Waals surface area contributed by atoms with E-state index in [0.29, 0.717) is 9.26 Å². The Kier molecular flexibility index (Phi) is 5.64. The molecule has 8 heteroatoms. The number of carbonyl (C=O) groups excluding carboxylic acids is 1. The molecule has 0 spiro atoms. The molecule has 0 radical (unpaired) electrons. The van der Waals surface area contributed by atoms with Crippen LogP contribution in [0.25, 0.3) is 0 Å². The molecular formula is C19H13F4IN2O. The molecular weight excluding hydrogens is 475 g/mol. The molecule has 0 N–H and O–H groups in total. The van der Waals surface area contributed by atoms with Crippen molar-refractivity contribution in [2.24, 2.45) is 0 Å². The molecule has 1 heterocycles. The van der Waals surface area contributed by atoms with Gasteiger partial charge in [0.05, 0.1) is 29.8 Å². The average Bonchev–Trinajstić information content (AvgIpc) is 3.03. The summed E-state index contributed by atoms with van der Waals surface area (Å²) in [5.41, 5.74) is -0.307. The summed E-state index contributed by atoms with van der Waals surface area (Å²) in [7, 11) is 0. The molecule has 0 aliphatic heterocycles. The second-order valence-electron chi connectivity index (χ2n) is 5.88. The van der Waals surface area contributed by atoms with Crippen LogP contribution >= 0.6 is 22.6 Å². The first-order valence-electron chi connectivity index (χ1n) is 7.90. The van der Waals surface area contributed by atoms with Gasteiger partial charge in [0.15, 0.2) is 5.78 Å². The van der Waals surface area contributed by atoms with Crippen LogP contribution in [0.2, 0.25) is 0 Å². The Morgan fingerprint density at radius 3 is 2.56 bits per heavy atom. The topological polar surface area (TPSA) is 34.9 Å². The lowest BCUT2D eigenvalue weighted by Gasteiger charge is -2.13. The average molecular weight is 488 g/mol. The number of hydrogen-bond donors (Lipinski definition) is 0. The molecule has 0 aliphatic rings. The van der Waals surface area contributed by atoms with Gasteiger partial charge >= 0.3 is 6.18 Å². The predicted molar refractivity (Wildman–Crippen MR) is 99.9 cm³/mol. The van der Waals surface area contributed by atoms with Crippen molar-refractivity contribution in [2.75, 3.05) is 0 Å². The first-order valence-corrected chi connectivity index (χ1v) is 8.97. The van der Waals surface area contributed by atoms with E-state index < -0.39 is 23.3 Å². The summed E-state index contributed by atoms with van der Waals surface area (Å²) in [5, 5.41) is 4.15. The normalized spacial score (nSPS) is 11.6. The van der Waals surface area contributed by atoms with Gasteiger partial charge in [0.25, 0.3) is 0 Å². The van der Waals surface area contributed by atoms with Gasteiger partial charge in [-0.25, -0.2) is 4.39 Å². The zero-order chi connectivity index (χ0) is 19.6. The molecule has 1 aromatic heterocycles. The summed E-state index contributed by atoms with van der Waals surface area (Å²) in [6, 6.07) is 11.3. The molecule has 3 aromatic rings. The zero-order valence-corrected chi connectivity index (χ0v) is 16.0. The highest BCUT2D eigenvalue weighted by molar-refractivity contribution is 14.1. The van der Waals surface area contributed by atoms with Crippen LogP contribution in [-0.2, 0) is 19.1 Å². The number of nitrogens with zero attached hydrogens (tertiary/aromatic N) is 2. The van der Waals surface area contributed by atoms with Crippen LogP contribution in [0.1, 0.15) is 27.2 Å². The molecule has 0 saturated heterocycles.